The number of unbranched alkanes of at least 4 members (excludes halogenated alkanes) is 1. The quantitative estimate of drug-likeness (QED) is 0.442. The molecule has 1 aliphatic heterocycles. The Morgan fingerprint density at radius 3 is 2.49 bits per heavy atom. The van der Waals surface area contributed by atoms with E-state index in [1.54, 1.807) is 39.1 Å². The highest BCUT2D eigenvalue weighted by atomic mass is 32.2. The van der Waals surface area contributed by atoms with E-state index in [4.69, 9.17) is 4.74 Å². The van der Waals surface area contributed by atoms with E-state index >= 15 is 0 Å². The van der Waals surface area contributed by atoms with E-state index in [2.05, 4.69) is 6.92 Å². The Balaban J connectivity index is 2.18. The van der Waals surface area contributed by atoms with E-state index in [9.17, 15) is 22.7 Å². The van der Waals surface area contributed by atoms with Crippen LogP contribution in [-0.2, 0) is 14.8 Å². The van der Waals surface area contributed by atoms with Crippen LogP contribution in [0.1, 0.15) is 40.0 Å². The maximum Gasteiger partial charge on any atom is 0.312 e. The van der Waals surface area contributed by atoms with Gasteiger partial charge in [-0.2, -0.15) is 4.31 Å². The second-order valence-electron chi connectivity index (χ2n) is 9.35. The molecule has 1 unspecified atom stereocenters. The number of thioether (sulfide) groups is 1. The van der Waals surface area contributed by atoms with Gasteiger partial charge in [-0.15, -0.1) is 11.8 Å². The predicted molar refractivity (Wildman–Crippen MR) is 137 cm³/mol. The third-order valence-electron chi connectivity index (χ3n) is 6.30. The molecule has 2 aromatic carbocycles. The predicted octanol–water partition coefficient (Wildman–Crippen LogP) is 5.37. The van der Waals surface area contributed by atoms with Gasteiger partial charge in [0, 0.05) is 31.4 Å². The number of likely N-dealkylation sites (N-methyl/N-ethyl adjacent to an activating group) is 1. The summed E-state index contributed by atoms with van der Waals surface area (Å²) >= 11 is 1.38. The number of carboxylic acid groups (broad SMARTS) is 1. The van der Waals surface area contributed by atoms with Crippen molar-refractivity contribution in [2.24, 2.45) is 5.41 Å². The van der Waals surface area contributed by atoms with E-state index in [0.717, 1.165) is 12.8 Å². The van der Waals surface area contributed by atoms with Crippen molar-refractivity contribution >= 4 is 39.1 Å². The van der Waals surface area contributed by atoms with E-state index < -0.39 is 21.4 Å². The number of anilines is 2. The van der Waals surface area contributed by atoms with Gasteiger partial charge < -0.3 is 14.7 Å². The number of sulfonamides is 1. The average Bonchev–Trinajstić information content (AvgIpc) is 2.89. The van der Waals surface area contributed by atoms with Crippen LogP contribution in [0.3, 0.4) is 0 Å². The molecular weight excluding hydrogens is 491 g/mol. The van der Waals surface area contributed by atoms with Crippen molar-refractivity contribution in [3.8, 4) is 5.75 Å². The zero-order chi connectivity index (χ0) is 26.0. The number of rotatable bonds is 9. The first-order valence-electron chi connectivity index (χ1n) is 11.5. The minimum Gasteiger partial charge on any atom is -0.491 e. The summed E-state index contributed by atoms with van der Waals surface area (Å²) in [5, 5.41) is 9.45. The number of fused-ring (bicyclic) bond motifs is 1. The summed E-state index contributed by atoms with van der Waals surface area (Å²) in [6.45, 7) is 5.46. The molecule has 0 fully saturated rings. The molecule has 0 saturated carbocycles. The van der Waals surface area contributed by atoms with Crippen molar-refractivity contribution in [2.45, 2.75) is 55.9 Å². The molecule has 7 nitrogen and oxygen atoms in total. The summed E-state index contributed by atoms with van der Waals surface area (Å²) in [6, 6.07) is 8.98. The topological polar surface area (TPSA) is 87.1 Å². The van der Waals surface area contributed by atoms with Crippen LogP contribution in [-0.4, -0.2) is 56.3 Å². The fraction of sp³-hybridized carbons (Fsp3) is 0.480. The SMILES string of the molecule is CCCCC1CN(c2ccc(F)cc2)c2cc(SC)c(OCC(C)(C)C(=O)O)cc2S(=O)(=O)N1C. The van der Waals surface area contributed by atoms with Crippen LogP contribution in [0.2, 0.25) is 0 Å². The normalized spacial score (nSPS) is 18.1. The van der Waals surface area contributed by atoms with Gasteiger partial charge in [0.05, 0.1) is 16.0 Å². The van der Waals surface area contributed by atoms with E-state index in [1.165, 1.54) is 34.3 Å². The Labute approximate surface area is 211 Å². The van der Waals surface area contributed by atoms with E-state index in [-0.39, 0.29) is 23.4 Å². The summed E-state index contributed by atoms with van der Waals surface area (Å²) < 4.78 is 48.5. The molecule has 0 aromatic heterocycles. The van der Waals surface area contributed by atoms with Crippen LogP contribution in [0.5, 0.6) is 5.75 Å². The molecule has 1 atom stereocenters. The molecule has 2 aromatic rings. The Hall–Kier alpha value is -2.30. The van der Waals surface area contributed by atoms with Crippen molar-refractivity contribution in [1.29, 1.82) is 0 Å². The molecule has 0 aliphatic carbocycles. The summed E-state index contributed by atoms with van der Waals surface area (Å²) in [6.07, 6.45) is 4.33. The number of ether oxygens (including phenoxy) is 1. The largest absolute Gasteiger partial charge is 0.491 e. The summed E-state index contributed by atoms with van der Waals surface area (Å²) in [5.74, 6) is -1.06. The minimum absolute atomic E-state index is 0.0734. The molecule has 35 heavy (non-hydrogen) atoms. The second kappa shape index (κ2) is 10.8. The first-order valence-corrected chi connectivity index (χ1v) is 14.2. The standard InChI is InChI=1S/C25H33FN2O5S2/c1-6-7-8-19-15-28(18-11-9-17(26)10-12-18)20-13-22(34-5)21(33-16-25(2,3)24(29)30)14-23(20)35(31,32)27(19)4/h9-14,19H,6-8,15-16H2,1-5H3,(H,29,30). The zero-order valence-electron chi connectivity index (χ0n) is 20.7. The van der Waals surface area contributed by atoms with Crippen LogP contribution in [0.15, 0.2) is 46.2 Å². The van der Waals surface area contributed by atoms with Crippen LogP contribution in [0.4, 0.5) is 15.8 Å². The number of hydrogen-bond acceptors (Lipinski definition) is 6. The minimum atomic E-state index is -3.89. The smallest absolute Gasteiger partial charge is 0.312 e. The summed E-state index contributed by atoms with van der Waals surface area (Å²) in [4.78, 5) is 14.2. The molecule has 0 bridgehead atoms. The van der Waals surface area contributed by atoms with E-state index in [0.29, 0.717) is 35.0 Å². The van der Waals surface area contributed by atoms with Gasteiger partial charge in [-0.3, -0.25) is 4.79 Å². The molecule has 0 radical (unpaired) electrons. The van der Waals surface area contributed by atoms with Crippen LogP contribution >= 0.6 is 11.8 Å². The van der Waals surface area contributed by atoms with Crippen LogP contribution < -0.4 is 9.64 Å². The molecule has 0 spiro atoms. The lowest BCUT2D eigenvalue weighted by Crippen LogP contribution is -2.40. The third-order valence-corrected chi connectivity index (χ3v) is 9.00. The number of nitrogens with zero attached hydrogens (tertiary/aromatic N) is 2. The first-order chi connectivity index (χ1) is 16.4. The highest BCUT2D eigenvalue weighted by Crippen LogP contribution is 2.43. The molecule has 10 heteroatoms. The number of benzene rings is 2. The fourth-order valence-electron chi connectivity index (χ4n) is 3.89. The first kappa shape index (κ1) is 27.3. The number of carboxylic acids is 1. The average molecular weight is 525 g/mol. The van der Waals surface area contributed by atoms with Crippen molar-refractivity contribution in [1.82, 2.24) is 4.31 Å². The monoisotopic (exact) mass is 524 g/mol. The molecule has 3 rings (SSSR count). The van der Waals surface area contributed by atoms with Crippen molar-refractivity contribution < 1.29 is 27.4 Å². The highest BCUT2D eigenvalue weighted by Gasteiger charge is 2.38. The Morgan fingerprint density at radius 2 is 1.91 bits per heavy atom. The Kier molecular flexibility index (Phi) is 8.39. The van der Waals surface area contributed by atoms with Crippen LogP contribution in [0, 0.1) is 11.2 Å². The van der Waals surface area contributed by atoms with Gasteiger partial charge in [-0.1, -0.05) is 19.8 Å². The van der Waals surface area contributed by atoms with Gasteiger partial charge in [0.2, 0.25) is 10.0 Å². The Bertz CT molecular complexity index is 1170. The lowest BCUT2D eigenvalue weighted by molar-refractivity contribution is -0.148. The molecule has 0 saturated heterocycles. The van der Waals surface area contributed by atoms with Gasteiger partial charge in [0.15, 0.2) is 0 Å². The van der Waals surface area contributed by atoms with Gasteiger partial charge in [-0.05, 0) is 56.9 Å². The molecule has 0 amide bonds. The number of hydrogen-bond donors (Lipinski definition) is 1. The molecule has 1 N–H and O–H groups in total. The maximum absolute atomic E-state index is 13.8. The van der Waals surface area contributed by atoms with Gasteiger partial charge in [-0.25, -0.2) is 12.8 Å². The summed E-state index contributed by atoms with van der Waals surface area (Å²) in [5.41, 5.74) is 0.0211. The number of carbonyl (C=O) groups is 1. The van der Waals surface area contributed by atoms with Crippen LogP contribution in [0.25, 0.3) is 0 Å². The van der Waals surface area contributed by atoms with Crippen molar-refractivity contribution in [2.75, 3.05) is 31.4 Å². The number of halogens is 1. The third kappa shape index (κ3) is 5.76. The maximum atomic E-state index is 13.8. The fourth-order valence-corrected chi connectivity index (χ4v) is 6.01. The summed E-state index contributed by atoms with van der Waals surface area (Å²) in [7, 11) is -2.30. The Morgan fingerprint density at radius 1 is 1.26 bits per heavy atom. The molecule has 1 aliphatic rings. The van der Waals surface area contributed by atoms with Crippen molar-refractivity contribution in [3.63, 3.8) is 0 Å². The molecule has 192 valence electrons. The van der Waals surface area contributed by atoms with Gasteiger partial charge in [0.25, 0.3) is 0 Å². The second-order valence-corrected chi connectivity index (χ2v) is 12.2. The number of aliphatic carboxylic acids is 1. The van der Waals surface area contributed by atoms with E-state index in [1.807, 2.05) is 11.2 Å². The van der Waals surface area contributed by atoms with Gasteiger partial charge >= 0.3 is 5.97 Å². The van der Waals surface area contributed by atoms with Crippen molar-refractivity contribution in [3.05, 3.63) is 42.2 Å². The van der Waals surface area contributed by atoms with Gasteiger partial charge in [0.1, 0.15) is 23.1 Å². The molecular formula is C25H33FN2O5S2. The highest BCUT2D eigenvalue weighted by molar-refractivity contribution is 7.98. The lowest BCUT2D eigenvalue weighted by Gasteiger charge is -2.29. The molecule has 1 heterocycles. The lowest BCUT2D eigenvalue weighted by atomic mass is 9.95. The zero-order valence-corrected chi connectivity index (χ0v) is 22.4.